The molecule has 0 saturated heterocycles. The van der Waals surface area contributed by atoms with E-state index in [1.807, 2.05) is 49.3 Å². The average molecular weight is 215 g/mol. The number of carbonyl (C=O) groups excluding carboxylic acids is 1. The van der Waals surface area contributed by atoms with Crippen LogP contribution in [0.25, 0.3) is 6.08 Å². The van der Waals surface area contributed by atoms with Gasteiger partial charge in [-0.2, -0.15) is 0 Å². The molecular weight excluding hydrogens is 202 g/mol. The van der Waals surface area contributed by atoms with E-state index in [0.717, 1.165) is 11.3 Å². The number of nitrogens with zero attached hydrogens (tertiary/aromatic N) is 1. The molecule has 0 fully saturated rings. The summed E-state index contributed by atoms with van der Waals surface area (Å²) in [5.41, 5.74) is 2.15. The van der Waals surface area contributed by atoms with Crippen molar-refractivity contribution < 1.29 is 9.53 Å². The Hall–Kier alpha value is -2.03. The van der Waals surface area contributed by atoms with E-state index in [2.05, 4.69) is 0 Å². The van der Waals surface area contributed by atoms with E-state index in [4.69, 9.17) is 4.74 Å². The predicted molar refractivity (Wildman–Crippen MR) is 64.0 cm³/mol. The highest BCUT2D eigenvalue weighted by Crippen LogP contribution is 2.17. The Morgan fingerprint density at radius 3 is 2.31 bits per heavy atom. The van der Waals surface area contributed by atoms with Gasteiger partial charge in [0.15, 0.2) is 0 Å². The minimum atomic E-state index is -0.309. The third kappa shape index (κ3) is 2.31. The number of anilines is 1. The van der Waals surface area contributed by atoms with Crippen molar-refractivity contribution in [2.24, 2.45) is 0 Å². The van der Waals surface area contributed by atoms with Gasteiger partial charge in [0.05, 0.1) is 0 Å². The zero-order chi connectivity index (χ0) is 11.5. The summed E-state index contributed by atoms with van der Waals surface area (Å²) < 4.78 is 4.94. The SMILES string of the molecule is CN(C)c1ccc(/C=C2\C=CC(=O)O2)cc1. The van der Waals surface area contributed by atoms with Crippen LogP contribution in [0.4, 0.5) is 5.69 Å². The van der Waals surface area contributed by atoms with Gasteiger partial charge >= 0.3 is 5.97 Å². The molecule has 0 bridgehead atoms. The van der Waals surface area contributed by atoms with Crippen LogP contribution in [0.3, 0.4) is 0 Å². The van der Waals surface area contributed by atoms with Crippen LogP contribution in [0.1, 0.15) is 5.56 Å². The van der Waals surface area contributed by atoms with Crippen LogP contribution in [-0.2, 0) is 9.53 Å². The maximum absolute atomic E-state index is 10.8. The Balaban J connectivity index is 2.17. The van der Waals surface area contributed by atoms with Crippen LogP contribution in [0.15, 0.2) is 42.2 Å². The molecule has 2 rings (SSSR count). The molecule has 1 aliphatic rings. The molecule has 0 radical (unpaired) electrons. The Morgan fingerprint density at radius 1 is 1.12 bits per heavy atom. The van der Waals surface area contributed by atoms with Gasteiger partial charge in [-0.05, 0) is 29.8 Å². The molecule has 0 aliphatic carbocycles. The molecule has 3 nitrogen and oxygen atoms in total. The van der Waals surface area contributed by atoms with E-state index in [0.29, 0.717) is 5.76 Å². The van der Waals surface area contributed by atoms with Crippen LogP contribution in [0.2, 0.25) is 0 Å². The lowest BCUT2D eigenvalue weighted by atomic mass is 10.2. The van der Waals surface area contributed by atoms with Gasteiger partial charge in [-0.15, -0.1) is 0 Å². The second-order valence-corrected chi connectivity index (χ2v) is 3.79. The largest absolute Gasteiger partial charge is 0.423 e. The van der Waals surface area contributed by atoms with Gasteiger partial charge in [0.2, 0.25) is 0 Å². The molecule has 0 spiro atoms. The van der Waals surface area contributed by atoms with Crippen molar-refractivity contribution in [3.05, 3.63) is 47.7 Å². The standard InChI is InChI=1S/C13H13NO2/c1-14(2)11-5-3-10(4-6-11)9-12-7-8-13(15)16-12/h3-9H,1-2H3/b12-9+. The second kappa shape index (κ2) is 4.23. The van der Waals surface area contributed by atoms with Crippen molar-refractivity contribution in [1.82, 2.24) is 0 Å². The summed E-state index contributed by atoms with van der Waals surface area (Å²) in [6.45, 7) is 0. The molecule has 0 atom stereocenters. The summed E-state index contributed by atoms with van der Waals surface area (Å²) in [6, 6.07) is 8.02. The molecule has 0 saturated carbocycles. The second-order valence-electron chi connectivity index (χ2n) is 3.79. The number of rotatable bonds is 2. The third-order valence-corrected chi connectivity index (χ3v) is 2.32. The lowest BCUT2D eigenvalue weighted by Gasteiger charge is -2.11. The topological polar surface area (TPSA) is 29.5 Å². The van der Waals surface area contributed by atoms with Gasteiger partial charge in [0, 0.05) is 25.9 Å². The molecule has 16 heavy (non-hydrogen) atoms. The van der Waals surface area contributed by atoms with Gasteiger partial charge < -0.3 is 9.64 Å². The van der Waals surface area contributed by atoms with Crippen LogP contribution >= 0.6 is 0 Å². The monoisotopic (exact) mass is 215 g/mol. The molecule has 1 aromatic rings. The molecule has 1 aromatic carbocycles. The first-order valence-corrected chi connectivity index (χ1v) is 5.04. The smallest absolute Gasteiger partial charge is 0.336 e. The average Bonchev–Trinajstić information content (AvgIpc) is 2.65. The van der Waals surface area contributed by atoms with Gasteiger partial charge in [-0.3, -0.25) is 0 Å². The summed E-state index contributed by atoms with van der Waals surface area (Å²) in [4.78, 5) is 12.9. The van der Waals surface area contributed by atoms with E-state index in [-0.39, 0.29) is 5.97 Å². The molecule has 3 heteroatoms. The lowest BCUT2D eigenvalue weighted by Crippen LogP contribution is -2.07. The summed E-state index contributed by atoms with van der Waals surface area (Å²) in [5.74, 6) is 0.277. The summed E-state index contributed by atoms with van der Waals surface area (Å²) >= 11 is 0. The number of hydrogen-bond acceptors (Lipinski definition) is 3. The Morgan fingerprint density at radius 2 is 1.81 bits per heavy atom. The minimum absolute atomic E-state index is 0.309. The molecule has 0 unspecified atom stereocenters. The summed E-state index contributed by atoms with van der Waals surface area (Å²) in [7, 11) is 3.99. The van der Waals surface area contributed by atoms with Crippen molar-refractivity contribution in [3.63, 3.8) is 0 Å². The van der Waals surface area contributed by atoms with Crippen LogP contribution in [0, 0.1) is 0 Å². The first kappa shape index (κ1) is 10.5. The number of cyclic esters (lactones) is 1. The van der Waals surface area contributed by atoms with Crippen molar-refractivity contribution in [2.75, 3.05) is 19.0 Å². The molecule has 82 valence electrons. The zero-order valence-electron chi connectivity index (χ0n) is 9.31. The molecular formula is C13H13NO2. The number of benzene rings is 1. The molecule has 0 amide bonds. The molecule has 1 aliphatic heterocycles. The summed E-state index contributed by atoms with van der Waals surface area (Å²) in [5, 5.41) is 0. The van der Waals surface area contributed by atoms with Crippen molar-refractivity contribution >= 4 is 17.7 Å². The summed E-state index contributed by atoms with van der Waals surface area (Å²) in [6.07, 6.45) is 4.92. The lowest BCUT2D eigenvalue weighted by molar-refractivity contribution is -0.132. The Kier molecular flexibility index (Phi) is 2.77. The van der Waals surface area contributed by atoms with E-state index in [1.165, 1.54) is 6.08 Å². The van der Waals surface area contributed by atoms with Gasteiger partial charge in [0.25, 0.3) is 0 Å². The van der Waals surface area contributed by atoms with E-state index in [9.17, 15) is 4.79 Å². The number of ether oxygens (including phenoxy) is 1. The van der Waals surface area contributed by atoms with Gasteiger partial charge in [-0.25, -0.2) is 4.79 Å². The Bertz CT molecular complexity index is 455. The van der Waals surface area contributed by atoms with Crippen LogP contribution in [0.5, 0.6) is 0 Å². The highest BCUT2D eigenvalue weighted by molar-refractivity contribution is 5.87. The van der Waals surface area contributed by atoms with Crippen molar-refractivity contribution in [3.8, 4) is 0 Å². The minimum Gasteiger partial charge on any atom is -0.423 e. The van der Waals surface area contributed by atoms with Crippen LogP contribution < -0.4 is 4.90 Å². The van der Waals surface area contributed by atoms with Gasteiger partial charge in [0.1, 0.15) is 5.76 Å². The van der Waals surface area contributed by atoms with E-state index in [1.54, 1.807) is 6.08 Å². The maximum atomic E-state index is 10.8. The van der Waals surface area contributed by atoms with Crippen LogP contribution in [-0.4, -0.2) is 20.1 Å². The Labute approximate surface area is 94.6 Å². The maximum Gasteiger partial charge on any atom is 0.336 e. The normalized spacial score (nSPS) is 16.6. The third-order valence-electron chi connectivity index (χ3n) is 2.32. The predicted octanol–water partition coefficient (Wildman–Crippen LogP) is 2.21. The first-order chi connectivity index (χ1) is 7.65. The van der Waals surface area contributed by atoms with Crippen molar-refractivity contribution in [1.29, 1.82) is 0 Å². The molecule has 0 aromatic heterocycles. The number of allylic oxidation sites excluding steroid dienone is 1. The fraction of sp³-hybridized carbons (Fsp3) is 0.154. The van der Waals surface area contributed by atoms with E-state index < -0.39 is 0 Å². The van der Waals surface area contributed by atoms with Gasteiger partial charge in [-0.1, -0.05) is 12.1 Å². The highest BCUT2D eigenvalue weighted by Gasteiger charge is 2.08. The number of esters is 1. The van der Waals surface area contributed by atoms with E-state index >= 15 is 0 Å². The quantitative estimate of drug-likeness (QED) is 0.708. The fourth-order valence-electron chi connectivity index (χ4n) is 1.44. The van der Waals surface area contributed by atoms with Crippen molar-refractivity contribution in [2.45, 2.75) is 0 Å². The number of hydrogen-bond donors (Lipinski definition) is 0. The number of carbonyl (C=O) groups is 1. The first-order valence-electron chi connectivity index (χ1n) is 5.04. The fourth-order valence-corrected chi connectivity index (χ4v) is 1.44. The highest BCUT2D eigenvalue weighted by atomic mass is 16.5. The zero-order valence-corrected chi connectivity index (χ0v) is 9.31. The molecule has 0 N–H and O–H groups in total. The molecule has 1 heterocycles.